The number of hydrogen-bond acceptors (Lipinski definition) is 5. The molecule has 0 atom stereocenters. The third-order valence-corrected chi connectivity index (χ3v) is 7.36. The summed E-state index contributed by atoms with van der Waals surface area (Å²) in [5.74, 6) is 2.28. The quantitative estimate of drug-likeness (QED) is 0.412. The van der Waals surface area contributed by atoms with Crippen LogP contribution in [0.5, 0.6) is 11.5 Å². The Bertz CT molecular complexity index is 1140. The molecule has 0 heterocycles. The predicted octanol–water partition coefficient (Wildman–Crippen LogP) is 5.11. The second-order valence-electron chi connectivity index (χ2n) is 9.27. The van der Waals surface area contributed by atoms with Crippen molar-refractivity contribution >= 4 is 33.2 Å². The number of hydrogen-bond donors (Lipinski definition) is 1. The molecule has 9 heteroatoms. The van der Waals surface area contributed by atoms with Gasteiger partial charge in [-0.1, -0.05) is 37.6 Å². The highest BCUT2D eigenvalue weighted by Gasteiger charge is 2.30. The Morgan fingerprint density at radius 3 is 2.38 bits per heavy atom. The zero-order valence-corrected chi connectivity index (χ0v) is 21.9. The predicted molar refractivity (Wildman–Crippen MR) is 136 cm³/mol. The summed E-state index contributed by atoms with van der Waals surface area (Å²) in [4.78, 5) is 0. The third kappa shape index (κ3) is 6.79. The highest BCUT2D eigenvalue weighted by atomic mass is 35.5. The van der Waals surface area contributed by atoms with Crippen LogP contribution in [0, 0.1) is 23.2 Å². The van der Waals surface area contributed by atoms with Gasteiger partial charge in [0.15, 0.2) is 5.75 Å². The monoisotopic (exact) mass is 524 g/mol. The lowest BCUT2D eigenvalue weighted by Gasteiger charge is -2.35. The van der Waals surface area contributed by atoms with E-state index in [-0.39, 0.29) is 6.61 Å². The van der Waals surface area contributed by atoms with Gasteiger partial charge in [-0.25, -0.2) is 13.1 Å². The van der Waals surface area contributed by atoms with Gasteiger partial charge in [-0.15, -0.1) is 11.6 Å². The Labute approximate surface area is 212 Å². The van der Waals surface area contributed by atoms with Crippen molar-refractivity contribution in [2.45, 2.75) is 32.1 Å². The number of nitrogens with one attached hydrogen (secondary N) is 1. The van der Waals surface area contributed by atoms with Gasteiger partial charge in [0.2, 0.25) is 10.0 Å². The van der Waals surface area contributed by atoms with E-state index in [0.29, 0.717) is 47.2 Å². The van der Waals surface area contributed by atoms with Crippen molar-refractivity contribution in [2.24, 2.45) is 11.8 Å². The molecule has 0 aromatic heterocycles. The SMILES string of the molecule is CC(C)(c1ccc(OCC2CC(CNS(C)(=O)=O)C2)cc1)c1cc(Cl)c(OCCCl)c(C#N)c1. The van der Waals surface area contributed by atoms with Gasteiger partial charge >= 0.3 is 0 Å². The van der Waals surface area contributed by atoms with Gasteiger partial charge in [-0.05, 0) is 60.1 Å². The van der Waals surface area contributed by atoms with Crippen LogP contribution in [0.25, 0.3) is 0 Å². The topological polar surface area (TPSA) is 88.4 Å². The van der Waals surface area contributed by atoms with Crippen LogP contribution in [-0.4, -0.2) is 40.3 Å². The van der Waals surface area contributed by atoms with Gasteiger partial charge in [0.1, 0.15) is 18.4 Å². The van der Waals surface area contributed by atoms with Crippen LogP contribution in [0.4, 0.5) is 0 Å². The fraction of sp³-hybridized carbons (Fsp3) is 0.480. The number of benzene rings is 2. The number of nitrogens with zero attached hydrogens (tertiary/aromatic N) is 1. The first-order valence-electron chi connectivity index (χ1n) is 11.1. The molecule has 0 bridgehead atoms. The average molecular weight is 525 g/mol. The Hall–Kier alpha value is -1.98. The molecule has 0 spiro atoms. The minimum absolute atomic E-state index is 0.277. The van der Waals surface area contributed by atoms with Gasteiger partial charge in [-0.2, -0.15) is 5.26 Å². The Morgan fingerprint density at radius 1 is 1.12 bits per heavy atom. The summed E-state index contributed by atoms with van der Waals surface area (Å²) in [6.45, 7) is 5.54. The van der Waals surface area contributed by atoms with E-state index in [1.54, 1.807) is 0 Å². The van der Waals surface area contributed by atoms with Crippen molar-refractivity contribution < 1.29 is 17.9 Å². The van der Waals surface area contributed by atoms with Gasteiger partial charge in [0.25, 0.3) is 0 Å². The van der Waals surface area contributed by atoms with E-state index in [1.807, 2.05) is 36.4 Å². The number of nitriles is 1. The average Bonchev–Trinajstić information content (AvgIpc) is 2.76. The first-order valence-corrected chi connectivity index (χ1v) is 13.9. The van der Waals surface area contributed by atoms with Crippen molar-refractivity contribution in [1.82, 2.24) is 4.72 Å². The standard InChI is InChI=1S/C25H30Cl2N2O4S/c1-25(2,21-12-19(14-28)24(23(27)13-21)32-9-8-26)20-4-6-22(7-5-20)33-16-18-10-17(11-18)15-29-34(3,30)31/h4-7,12-13,17-18,29H,8-11,15-16H2,1-3H3. The van der Waals surface area contributed by atoms with Crippen LogP contribution in [0.1, 0.15) is 43.4 Å². The number of sulfonamides is 1. The third-order valence-electron chi connectivity index (χ3n) is 6.24. The lowest BCUT2D eigenvalue weighted by molar-refractivity contribution is 0.122. The Morgan fingerprint density at radius 2 is 1.79 bits per heavy atom. The normalized spacial score (nSPS) is 18.1. The van der Waals surface area contributed by atoms with Crippen LogP contribution in [0.15, 0.2) is 36.4 Å². The summed E-state index contributed by atoms with van der Waals surface area (Å²) in [7, 11) is -3.13. The molecule has 1 N–H and O–H groups in total. The smallest absolute Gasteiger partial charge is 0.208 e. The highest BCUT2D eigenvalue weighted by molar-refractivity contribution is 7.88. The number of rotatable bonds is 11. The lowest BCUT2D eigenvalue weighted by Crippen LogP contribution is -2.37. The molecule has 6 nitrogen and oxygen atoms in total. The van der Waals surface area contributed by atoms with Crippen molar-refractivity contribution in [1.29, 1.82) is 5.26 Å². The molecule has 1 saturated carbocycles. The minimum Gasteiger partial charge on any atom is -0.493 e. The molecule has 0 radical (unpaired) electrons. The maximum absolute atomic E-state index is 11.2. The van der Waals surface area contributed by atoms with Crippen LogP contribution in [0.3, 0.4) is 0 Å². The Balaban J connectivity index is 1.61. The van der Waals surface area contributed by atoms with Crippen molar-refractivity contribution in [3.8, 4) is 17.6 Å². The zero-order valence-electron chi connectivity index (χ0n) is 19.6. The molecule has 2 aromatic carbocycles. The lowest BCUT2D eigenvalue weighted by atomic mass is 9.75. The van der Waals surface area contributed by atoms with Crippen molar-refractivity contribution in [3.63, 3.8) is 0 Å². The number of ether oxygens (including phenoxy) is 2. The second-order valence-corrected chi connectivity index (χ2v) is 11.9. The molecule has 0 amide bonds. The van der Waals surface area contributed by atoms with Crippen LogP contribution < -0.4 is 14.2 Å². The summed E-state index contributed by atoms with van der Waals surface area (Å²) in [5.41, 5.74) is 1.95. The summed E-state index contributed by atoms with van der Waals surface area (Å²) in [6, 6.07) is 13.8. The largest absolute Gasteiger partial charge is 0.493 e. The fourth-order valence-electron chi connectivity index (χ4n) is 4.12. The van der Waals surface area contributed by atoms with Gasteiger partial charge in [0.05, 0.1) is 29.3 Å². The van der Waals surface area contributed by atoms with Crippen LogP contribution >= 0.6 is 23.2 Å². The molecule has 0 saturated heterocycles. The molecule has 184 valence electrons. The van der Waals surface area contributed by atoms with E-state index >= 15 is 0 Å². The van der Waals surface area contributed by atoms with E-state index in [1.165, 1.54) is 6.26 Å². The zero-order chi connectivity index (χ0) is 24.9. The molecule has 3 rings (SSSR count). The number of alkyl halides is 1. The summed E-state index contributed by atoms with van der Waals surface area (Å²) >= 11 is 12.1. The highest BCUT2D eigenvalue weighted by Crippen LogP contribution is 2.39. The second kappa shape index (κ2) is 11.2. The van der Waals surface area contributed by atoms with E-state index < -0.39 is 15.4 Å². The van der Waals surface area contributed by atoms with Crippen LogP contribution in [-0.2, 0) is 15.4 Å². The summed E-state index contributed by atoms with van der Waals surface area (Å²) in [5, 5.41) is 9.97. The van der Waals surface area contributed by atoms with Gasteiger partial charge in [-0.3, -0.25) is 0 Å². The van der Waals surface area contributed by atoms with E-state index in [4.69, 9.17) is 32.7 Å². The number of halogens is 2. The van der Waals surface area contributed by atoms with Gasteiger partial charge in [0, 0.05) is 12.0 Å². The molecule has 0 aliphatic heterocycles. The molecule has 34 heavy (non-hydrogen) atoms. The van der Waals surface area contributed by atoms with E-state index in [9.17, 15) is 13.7 Å². The molecule has 2 aromatic rings. The minimum atomic E-state index is -3.13. The maximum Gasteiger partial charge on any atom is 0.208 e. The molecular weight excluding hydrogens is 495 g/mol. The van der Waals surface area contributed by atoms with Gasteiger partial charge < -0.3 is 9.47 Å². The molecule has 1 aliphatic rings. The summed E-state index contributed by atoms with van der Waals surface area (Å²) in [6.07, 6.45) is 3.10. The first-order chi connectivity index (χ1) is 16.0. The van der Waals surface area contributed by atoms with Crippen molar-refractivity contribution in [2.75, 3.05) is 31.9 Å². The molecule has 0 unspecified atom stereocenters. The molecular formula is C25H30Cl2N2O4S. The first kappa shape index (κ1) is 26.6. The van der Waals surface area contributed by atoms with E-state index in [0.717, 1.165) is 29.7 Å². The van der Waals surface area contributed by atoms with Crippen molar-refractivity contribution in [3.05, 3.63) is 58.1 Å². The van der Waals surface area contributed by atoms with E-state index in [2.05, 4.69) is 24.6 Å². The molecule has 1 fully saturated rings. The summed E-state index contributed by atoms with van der Waals surface area (Å²) < 4.78 is 36.5. The van der Waals surface area contributed by atoms with Crippen LogP contribution in [0.2, 0.25) is 5.02 Å². The Kier molecular flexibility index (Phi) is 8.75. The fourth-order valence-corrected chi connectivity index (χ4v) is 5.01. The molecule has 1 aliphatic carbocycles. The maximum atomic E-state index is 11.2.